The molecule has 3 heteroatoms. The third-order valence-corrected chi connectivity index (χ3v) is 10.5. The number of allylic oxidation sites excluding steroid dienone is 16. The molecule has 3 atom stereocenters. The van der Waals surface area contributed by atoms with Crippen LogP contribution in [-0.2, 0) is 4.57 Å². The fourth-order valence-corrected chi connectivity index (χ4v) is 8.21. The molecule has 2 nitrogen and oxygen atoms in total. The van der Waals surface area contributed by atoms with Crippen LogP contribution in [0.15, 0.2) is 95.3 Å². The molecule has 0 heterocycles. The second-order valence-electron chi connectivity index (χ2n) is 9.70. The molecule has 0 amide bonds. The molecule has 0 bridgehead atoms. The molecule has 184 valence electrons. The molecule has 0 saturated carbocycles. The summed E-state index contributed by atoms with van der Waals surface area (Å²) in [5, 5.41) is 5.85. The Morgan fingerprint density at radius 3 is 2.74 bits per heavy atom. The SMILES string of the molecule is CCC/C=C\C/C=C/[C@H](C)CCCNC1=CC=C(P(=O)(C2=CCCC=C2)C2C=CC=CC2)CC1. The van der Waals surface area contributed by atoms with Gasteiger partial charge in [-0.1, -0.05) is 93.2 Å². The average Bonchev–Trinajstić information content (AvgIpc) is 2.89. The smallest absolute Gasteiger partial charge is 0.145 e. The van der Waals surface area contributed by atoms with Crippen molar-refractivity contribution >= 4 is 7.14 Å². The fraction of sp³-hybridized carbons (Fsp3) is 0.484. The summed E-state index contributed by atoms with van der Waals surface area (Å²) in [4.78, 5) is 0. The van der Waals surface area contributed by atoms with Crippen LogP contribution in [0.2, 0.25) is 0 Å². The Bertz CT molecular complexity index is 940. The van der Waals surface area contributed by atoms with E-state index in [1.807, 2.05) is 0 Å². The van der Waals surface area contributed by atoms with Crippen molar-refractivity contribution in [2.24, 2.45) is 5.92 Å². The lowest BCUT2D eigenvalue weighted by Crippen LogP contribution is -2.18. The van der Waals surface area contributed by atoms with Gasteiger partial charge in [-0.15, -0.1) is 0 Å². The molecule has 0 radical (unpaired) electrons. The van der Waals surface area contributed by atoms with Crippen LogP contribution in [0.4, 0.5) is 0 Å². The molecule has 3 aliphatic rings. The van der Waals surface area contributed by atoms with Gasteiger partial charge < -0.3 is 9.88 Å². The molecule has 0 aromatic carbocycles. The highest BCUT2D eigenvalue weighted by Gasteiger charge is 2.38. The van der Waals surface area contributed by atoms with E-state index in [0.717, 1.165) is 55.7 Å². The molecule has 3 aliphatic carbocycles. The van der Waals surface area contributed by atoms with Crippen LogP contribution >= 0.6 is 7.14 Å². The predicted molar refractivity (Wildman–Crippen MR) is 150 cm³/mol. The Labute approximate surface area is 208 Å². The minimum atomic E-state index is -2.62. The van der Waals surface area contributed by atoms with Crippen molar-refractivity contribution in [2.75, 3.05) is 6.54 Å². The first-order valence-corrected chi connectivity index (χ1v) is 15.2. The van der Waals surface area contributed by atoms with Crippen molar-refractivity contribution in [1.29, 1.82) is 0 Å². The second kappa shape index (κ2) is 14.4. The third kappa shape index (κ3) is 7.74. The zero-order valence-electron chi connectivity index (χ0n) is 21.3. The van der Waals surface area contributed by atoms with Gasteiger partial charge in [0.25, 0.3) is 0 Å². The largest absolute Gasteiger partial charge is 0.388 e. The van der Waals surface area contributed by atoms with Crippen LogP contribution in [0, 0.1) is 5.92 Å². The van der Waals surface area contributed by atoms with Crippen LogP contribution in [0.5, 0.6) is 0 Å². The summed E-state index contributed by atoms with van der Waals surface area (Å²) < 4.78 is 14.5. The van der Waals surface area contributed by atoms with Gasteiger partial charge in [0.05, 0.1) is 0 Å². The minimum absolute atomic E-state index is 0.0948. The van der Waals surface area contributed by atoms with Crippen LogP contribution < -0.4 is 5.32 Å². The van der Waals surface area contributed by atoms with Crippen LogP contribution in [0.25, 0.3) is 0 Å². The first-order chi connectivity index (χ1) is 16.6. The lowest BCUT2D eigenvalue weighted by Gasteiger charge is -2.32. The Morgan fingerprint density at radius 1 is 1.12 bits per heavy atom. The first kappa shape index (κ1) is 26.6. The minimum Gasteiger partial charge on any atom is -0.388 e. The zero-order valence-corrected chi connectivity index (χ0v) is 22.2. The highest BCUT2D eigenvalue weighted by molar-refractivity contribution is 7.73. The van der Waals surface area contributed by atoms with Gasteiger partial charge in [-0.05, 0) is 75.1 Å². The lowest BCUT2D eigenvalue weighted by atomic mass is 10.0. The van der Waals surface area contributed by atoms with E-state index in [4.69, 9.17) is 0 Å². The predicted octanol–water partition coefficient (Wildman–Crippen LogP) is 9.34. The van der Waals surface area contributed by atoms with E-state index >= 15 is 0 Å². The van der Waals surface area contributed by atoms with Crippen molar-refractivity contribution < 1.29 is 4.57 Å². The van der Waals surface area contributed by atoms with Gasteiger partial charge in [0.2, 0.25) is 0 Å². The van der Waals surface area contributed by atoms with Gasteiger partial charge in [0.15, 0.2) is 0 Å². The fourth-order valence-electron chi connectivity index (χ4n) is 4.84. The number of hydrogen-bond donors (Lipinski definition) is 1. The number of rotatable bonds is 13. The maximum atomic E-state index is 14.5. The Morgan fingerprint density at radius 2 is 2.03 bits per heavy atom. The molecule has 0 spiro atoms. The normalized spacial score (nSPS) is 23.0. The van der Waals surface area contributed by atoms with E-state index in [0.29, 0.717) is 5.92 Å². The number of hydrogen-bond acceptors (Lipinski definition) is 2. The standard InChI is InChI=1S/C31H44NOP/c1-3-4-5-6-7-10-16-27(2)17-15-26-32-28-22-24-31(25-23-28)34(33,29-18-11-8-12-19-29)30-20-13-9-14-21-30/h5-6,8,10-13,16,18,20-22,24,27,29,32H,3-4,7,9,14-15,17,19,23,25-26H2,1-2H3/b6-5-,16-10+/t27-,29?,34?/m0/s1. The van der Waals surface area contributed by atoms with E-state index in [-0.39, 0.29) is 5.66 Å². The first-order valence-electron chi connectivity index (χ1n) is 13.4. The summed E-state index contributed by atoms with van der Waals surface area (Å²) in [6, 6.07) is 0. The van der Waals surface area contributed by atoms with E-state index in [1.165, 1.54) is 31.4 Å². The summed E-state index contributed by atoms with van der Waals surface area (Å²) in [5.41, 5.74) is 1.38. The molecule has 3 rings (SSSR count). The Kier molecular flexibility index (Phi) is 11.2. The van der Waals surface area contributed by atoms with E-state index in [2.05, 4.69) is 98.2 Å². The molecule has 34 heavy (non-hydrogen) atoms. The highest BCUT2D eigenvalue weighted by Crippen LogP contribution is 2.68. The Hall–Kier alpha value is -2.05. The van der Waals surface area contributed by atoms with Crippen LogP contribution in [0.1, 0.15) is 78.1 Å². The Balaban J connectivity index is 1.51. The van der Waals surface area contributed by atoms with Crippen molar-refractivity contribution in [1.82, 2.24) is 5.32 Å². The van der Waals surface area contributed by atoms with Crippen molar-refractivity contribution in [2.45, 2.75) is 83.7 Å². The van der Waals surface area contributed by atoms with Crippen LogP contribution in [0.3, 0.4) is 0 Å². The van der Waals surface area contributed by atoms with Crippen molar-refractivity contribution in [3.63, 3.8) is 0 Å². The maximum Gasteiger partial charge on any atom is 0.145 e. The molecule has 0 aliphatic heterocycles. The van der Waals surface area contributed by atoms with Crippen molar-refractivity contribution in [3.05, 3.63) is 95.3 Å². The summed E-state index contributed by atoms with van der Waals surface area (Å²) >= 11 is 0. The van der Waals surface area contributed by atoms with E-state index in [9.17, 15) is 4.57 Å². The monoisotopic (exact) mass is 477 g/mol. The van der Waals surface area contributed by atoms with E-state index < -0.39 is 7.14 Å². The van der Waals surface area contributed by atoms with Gasteiger partial charge in [-0.2, -0.15) is 0 Å². The molecule has 0 aromatic rings. The van der Waals surface area contributed by atoms with Gasteiger partial charge in [-0.3, -0.25) is 0 Å². The third-order valence-electron chi connectivity index (χ3n) is 6.89. The quantitative estimate of drug-likeness (QED) is 0.163. The summed E-state index contributed by atoms with van der Waals surface area (Å²) in [7, 11) is -2.62. The molecule has 0 aromatic heterocycles. The number of unbranched alkanes of at least 4 members (excludes halogenated alkanes) is 1. The van der Waals surface area contributed by atoms with Crippen LogP contribution in [-0.4, -0.2) is 12.2 Å². The molecule has 1 N–H and O–H groups in total. The van der Waals surface area contributed by atoms with Gasteiger partial charge >= 0.3 is 0 Å². The highest BCUT2D eigenvalue weighted by atomic mass is 31.2. The summed E-state index contributed by atoms with van der Waals surface area (Å²) in [6.45, 7) is 5.53. The van der Waals surface area contributed by atoms with Gasteiger partial charge in [0, 0.05) is 23.2 Å². The van der Waals surface area contributed by atoms with Gasteiger partial charge in [-0.25, -0.2) is 0 Å². The molecule has 0 saturated heterocycles. The average molecular weight is 478 g/mol. The summed E-state index contributed by atoms with van der Waals surface area (Å²) in [6.07, 6.45) is 39.2. The maximum absolute atomic E-state index is 14.5. The van der Waals surface area contributed by atoms with Gasteiger partial charge in [0.1, 0.15) is 7.14 Å². The molecule has 2 unspecified atom stereocenters. The molecule has 0 fully saturated rings. The molecular formula is C31H44NOP. The summed E-state index contributed by atoms with van der Waals surface area (Å²) in [5.74, 6) is 0.619. The second-order valence-corrected chi connectivity index (χ2v) is 12.8. The lowest BCUT2D eigenvalue weighted by molar-refractivity contribution is 0.572. The number of nitrogens with one attached hydrogen (secondary N) is 1. The van der Waals surface area contributed by atoms with Crippen molar-refractivity contribution in [3.8, 4) is 0 Å². The zero-order chi connectivity index (χ0) is 24.1. The molecular weight excluding hydrogens is 433 g/mol. The van der Waals surface area contributed by atoms with E-state index in [1.54, 1.807) is 0 Å². The topological polar surface area (TPSA) is 29.1 Å².